The summed E-state index contributed by atoms with van der Waals surface area (Å²) in [5.41, 5.74) is 0.511. The maximum Gasteiger partial charge on any atom is 0.318 e. The van der Waals surface area contributed by atoms with E-state index < -0.39 is 33.8 Å². The predicted octanol–water partition coefficient (Wildman–Crippen LogP) is 10.6. The van der Waals surface area contributed by atoms with Crippen LogP contribution in [0.5, 0.6) is 0 Å². The molecule has 0 aliphatic heterocycles. The first-order valence-electron chi connectivity index (χ1n) is 11.2. The van der Waals surface area contributed by atoms with Gasteiger partial charge in [-0.2, -0.15) is 0 Å². The van der Waals surface area contributed by atoms with Crippen molar-refractivity contribution in [2.45, 2.75) is 159 Å². The van der Waals surface area contributed by atoms with Gasteiger partial charge >= 0.3 is 17.1 Å². The van der Waals surface area contributed by atoms with Gasteiger partial charge < -0.3 is 12.3 Å². The largest absolute Gasteiger partial charge is 0.437 e. The summed E-state index contributed by atoms with van der Waals surface area (Å²) >= 11 is 0. The van der Waals surface area contributed by atoms with E-state index in [2.05, 4.69) is 72.8 Å². The lowest BCUT2D eigenvalue weighted by molar-refractivity contribution is 0.309. The van der Waals surface area contributed by atoms with Crippen LogP contribution in [0, 0.1) is 0 Å². The van der Waals surface area contributed by atoms with Gasteiger partial charge in [0.25, 0.3) is 0 Å². The molecule has 7 heteroatoms. The molecule has 0 fully saturated rings. The van der Waals surface area contributed by atoms with Crippen LogP contribution in [0.3, 0.4) is 0 Å². The lowest BCUT2D eigenvalue weighted by atomic mass is 10.1. The van der Waals surface area contributed by atoms with Crippen molar-refractivity contribution in [2.24, 2.45) is 0 Å². The molecule has 0 heterocycles. The van der Waals surface area contributed by atoms with Crippen LogP contribution < -0.4 is 0 Å². The monoisotopic (exact) mass is 514 g/mol. The Hall–Kier alpha value is 0.748. The first kappa shape index (κ1) is 42.0. The second-order valence-electron chi connectivity index (χ2n) is 10.8. The van der Waals surface area contributed by atoms with Crippen LogP contribution in [-0.2, 0) is 12.3 Å². The van der Waals surface area contributed by atoms with E-state index in [1.54, 1.807) is 0 Å². The zero-order valence-electron chi connectivity index (χ0n) is 20.5. The summed E-state index contributed by atoms with van der Waals surface area (Å²) in [6, 6.07) is 0. The molecule has 0 bridgehead atoms. The number of hydrogen-bond acceptors (Lipinski definition) is 3. The molecule has 2 unspecified atom stereocenters. The molecule has 0 spiro atoms. The molecule has 0 aromatic heterocycles. The molecule has 0 saturated heterocycles. The van der Waals surface area contributed by atoms with Gasteiger partial charge in [-0.3, -0.25) is 0 Å². The van der Waals surface area contributed by atoms with Gasteiger partial charge in [-0.15, -0.1) is 0 Å². The highest BCUT2D eigenvalue weighted by atomic mass is 28.5. The van der Waals surface area contributed by atoms with Gasteiger partial charge in [0.05, 0.1) is 0 Å². The van der Waals surface area contributed by atoms with Crippen LogP contribution in [0.15, 0.2) is 0 Å². The van der Waals surface area contributed by atoms with E-state index >= 15 is 0 Å². The van der Waals surface area contributed by atoms with E-state index in [0.29, 0.717) is 5.54 Å². The molecule has 0 saturated carbocycles. The molecule has 0 aromatic carbocycles. The second-order valence-corrected chi connectivity index (χ2v) is 27.5. The van der Waals surface area contributed by atoms with Crippen molar-refractivity contribution in [2.75, 3.05) is 0 Å². The highest BCUT2D eigenvalue weighted by Gasteiger charge is 2.47. The Morgan fingerprint density at radius 2 is 0.935 bits per heavy atom. The molecule has 196 valence electrons. The molecule has 0 aromatic rings. The average molecular weight is 515 g/mol. The van der Waals surface area contributed by atoms with Gasteiger partial charge in [0.1, 0.15) is 0 Å². The molecule has 0 N–H and O–H groups in total. The topological polar surface area (TPSA) is 27.7 Å². The normalized spacial score (nSPS) is 14.8. The van der Waals surface area contributed by atoms with Crippen LogP contribution in [0.1, 0.15) is 94.9 Å². The van der Waals surface area contributed by atoms with E-state index in [1.165, 1.54) is 51.4 Å². The summed E-state index contributed by atoms with van der Waals surface area (Å²) in [5, 5.41) is 0. The van der Waals surface area contributed by atoms with E-state index in [9.17, 15) is 0 Å². The zero-order chi connectivity index (χ0) is 21.4. The maximum atomic E-state index is 6.85. The van der Waals surface area contributed by atoms with Crippen molar-refractivity contribution in [3.05, 3.63) is 0 Å². The van der Waals surface area contributed by atoms with Crippen molar-refractivity contribution < 1.29 is 12.3 Å². The molecular weight excluding hydrogens is 449 g/mol. The summed E-state index contributed by atoms with van der Waals surface area (Å²) in [5.74, 6) is 0. The maximum absolute atomic E-state index is 6.85. The first-order chi connectivity index (χ1) is 12.1. The van der Waals surface area contributed by atoms with Gasteiger partial charge in [-0.25, -0.2) is 0 Å². The summed E-state index contributed by atoms with van der Waals surface area (Å²) < 4.78 is 20.1. The van der Waals surface area contributed by atoms with Crippen LogP contribution >= 0.6 is 0 Å². The van der Waals surface area contributed by atoms with Crippen LogP contribution in [-0.4, -0.2) is 33.8 Å². The Balaban J connectivity index is -0.000000563. The first-order valence-corrected chi connectivity index (χ1v) is 23.2. The number of rotatable bonds is 15. The Labute approximate surface area is 205 Å². The van der Waals surface area contributed by atoms with E-state index in [4.69, 9.17) is 12.3 Å². The summed E-state index contributed by atoms with van der Waals surface area (Å²) in [6.07, 6.45) is 10.7. The molecule has 0 rings (SSSR count). The molecule has 3 nitrogen and oxygen atoms in total. The molecule has 31 heavy (non-hydrogen) atoms. The Kier molecular flexibility index (Phi) is 24.5. The Morgan fingerprint density at radius 1 is 0.548 bits per heavy atom. The standard InChI is InChI=1S/C20H50O3Si4.4CH4/c1-12-13-14-15-16-17-18-19-20(2)27(11,22-25(6,7)8)23-26(9,10)21-24(3,4)5;;;;/h20H,12-19H2,1-11H3;4*1H4. The van der Waals surface area contributed by atoms with Crippen molar-refractivity contribution in [1.29, 1.82) is 0 Å². The fourth-order valence-electron chi connectivity index (χ4n) is 3.75. The summed E-state index contributed by atoms with van der Waals surface area (Å²) in [6.45, 7) is 25.0. The van der Waals surface area contributed by atoms with E-state index in [-0.39, 0.29) is 29.7 Å². The van der Waals surface area contributed by atoms with E-state index in [0.717, 1.165) is 0 Å². The minimum absolute atomic E-state index is 0. The van der Waals surface area contributed by atoms with Gasteiger partial charge in [0, 0.05) is 0 Å². The van der Waals surface area contributed by atoms with Gasteiger partial charge in [0.2, 0.25) is 0 Å². The van der Waals surface area contributed by atoms with Crippen molar-refractivity contribution in [3.63, 3.8) is 0 Å². The van der Waals surface area contributed by atoms with Crippen molar-refractivity contribution in [1.82, 2.24) is 0 Å². The highest BCUT2D eigenvalue weighted by Crippen LogP contribution is 2.35. The molecule has 0 aliphatic rings. The minimum Gasteiger partial charge on any atom is -0.437 e. The number of hydrogen-bond donors (Lipinski definition) is 0. The van der Waals surface area contributed by atoms with Gasteiger partial charge in [-0.05, 0) is 70.9 Å². The molecular formula is C24H66O3Si4. The summed E-state index contributed by atoms with van der Waals surface area (Å²) in [7, 11) is -7.76. The predicted molar refractivity (Wildman–Crippen MR) is 158 cm³/mol. The van der Waals surface area contributed by atoms with Crippen LogP contribution in [0.2, 0.25) is 64.5 Å². The fraction of sp³-hybridized carbons (Fsp3) is 1.00. The SMILES string of the molecule is C.C.C.C.CCCCCCCCCC(C)[Si](C)(O[Si](C)(C)C)O[Si](C)(C)O[Si](C)(C)C. The third kappa shape index (κ3) is 22.3. The summed E-state index contributed by atoms with van der Waals surface area (Å²) in [4.78, 5) is 0. The van der Waals surface area contributed by atoms with Gasteiger partial charge in [-0.1, -0.05) is 88.5 Å². The molecule has 0 aliphatic carbocycles. The quantitative estimate of drug-likeness (QED) is 0.160. The average Bonchev–Trinajstić information content (AvgIpc) is 2.40. The van der Waals surface area contributed by atoms with Gasteiger partial charge in [0.15, 0.2) is 16.6 Å². The highest BCUT2D eigenvalue weighted by molar-refractivity contribution is 6.89. The Morgan fingerprint density at radius 3 is 1.32 bits per heavy atom. The van der Waals surface area contributed by atoms with Crippen molar-refractivity contribution >= 4 is 33.8 Å². The van der Waals surface area contributed by atoms with Crippen LogP contribution in [0.4, 0.5) is 0 Å². The lowest BCUT2D eigenvalue weighted by Crippen LogP contribution is -2.58. The lowest BCUT2D eigenvalue weighted by Gasteiger charge is -2.44. The minimum atomic E-state index is -2.28. The molecule has 2 atom stereocenters. The third-order valence-corrected chi connectivity index (χ3v) is 18.8. The molecule has 0 amide bonds. The number of unbranched alkanes of at least 4 members (excludes halogenated alkanes) is 6. The van der Waals surface area contributed by atoms with E-state index in [1.807, 2.05) is 0 Å². The smallest absolute Gasteiger partial charge is 0.318 e. The second kappa shape index (κ2) is 18.1. The Bertz CT molecular complexity index is 407. The zero-order valence-corrected chi connectivity index (χ0v) is 24.5. The van der Waals surface area contributed by atoms with Crippen LogP contribution in [0.25, 0.3) is 0 Å². The van der Waals surface area contributed by atoms with Crippen molar-refractivity contribution in [3.8, 4) is 0 Å². The molecule has 0 radical (unpaired) electrons. The third-order valence-electron chi connectivity index (χ3n) is 4.65. The fourth-order valence-corrected chi connectivity index (χ4v) is 21.8.